The average Bonchev–Trinajstić information content (AvgIpc) is 2.48. The molecular weight excluding hydrogens is 260 g/mol. The zero-order valence-electron chi connectivity index (χ0n) is 18.9. The molecule has 0 aromatic rings. The van der Waals surface area contributed by atoms with Gasteiger partial charge in [0.2, 0.25) is 0 Å². The second kappa shape index (κ2) is 17.5. The summed E-state index contributed by atoms with van der Waals surface area (Å²) in [5, 5.41) is 0. The van der Waals surface area contributed by atoms with Gasteiger partial charge in [-0.1, -0.05) is 90.8 Å². The van der Waals surface area contributed by atoms with Crippen molar-refractivity contribution in [1.29, 1.82) is 0 Å². The predicted octanol–water partition coefficient (Wildman–Crippen LogP) is 6.42. The maximum Gasteiger partial charge on any atom is 0.305 e. The first-order valence-corrected chi connectivity index (χ1v) is 8.88. The zero-order chi connectivity index (χ0) is 19.9. The second-order valence-corrected chi connectivity index (χ2v) is 5.79. The van der Waals surface area contributed by atoms with Gasteiger partial charge in [-0.3, -0.25) is 4.79 Å². The smallest absolute Gasteiger partial charge is 0.305 e. The molecule has 0 amide bonds. The minimum atomic E-state index is -2.45. The van der Waals surface area contributed by atoms with Gasteiger partial charge in [0.15, 0.2) is 0 Å². The molecule has 0 bridgehead atoms. The van der Waals surface area contributed by atoms with E-state index in [1.165, 1.54) is 64.2 Å². The number of hydrogen-bond acceptors (Lipinski definition) is 2. The first-order valence-electron chi connectivity index (χ1n) is 11.4. The van der Waals surface area contributed by atoms with Crippen molar-refractivity contribution >= 4 is 5.97 Å². The van der Waals surface area contributed by atoms with E-state index in [0.717, 1.165) is 12.8 Å². The monoisotopic (exact) mass is 303 g/mol. The third-order valence-corrected chi connectivity index (χ3v) is 3.74. The molecule has 0 aromatic carbocycles. The molecule has 0 aliphatic rings. The van der Waals surface area contributed by atoms with Gasteiger partial charge in [-0.05, 0) is 12.8 Å². The minimum Gasteiger partial charge on any atom is -0.466 e. The van der Waals surface area contributed by atoms with E-state index in [-0.39, 0.29) is 6.42 Å². The topological polar surface area (TPSA) is 26.3 Å². The van der Waals surface area contributed by atoms with Crippen LogP contribution in [0.2, 0.25) is 0 Å². The quantitative estimate of drug-likeness (QED) is 0.243. The highest BCUT2D eigenvalue weighted by atomic mass is 16.5. The fraction of sp³-hybridized carbons (Fsp3) is 0.947. The summed E-state index contributed by atoms with van der Waals surface area (Å²) in [6.45, 7) is -2.63. The van der Waals surface area contributed by atoms with Crippen molar-refractivity contribution in [3.63, 3.8) is 0 Å². The van der Waals surface area contributed by atoms with Crippen LogP contribution in [0.5, 0.6) is 0 Å². The Morgan fingerprint density at radius 2 is 1.29 bits per heavy atom. The van der Waals surface area contributed by atoms with E-state index in [9.17, 15) is 4.79 Å². The molecule has 21 heavy (non-hydrogen) atoms. The second-order valence-electron chi connectivity index (χ2n) is 5.79. The molecule has 0 fully saturated rings. The maximum atomic E-state index is 11.6. The number of hydrogen-bond donors (Lipinski definition) is 0. The van der Waals surface area contributed by atoms with Crippen molar-refractivity contribution in [2.24, 2.45) is 0 Å². The van der Waals surface area contributed by atoms with Crippen molar-refractivity contribution < 1.29 is 16.4 Å². The summed E-state index contributed by atoms with van der Waals surface area (Å²) >= 11 is 0. The van der Waals surface area contributed by atoms with Gasteiger partial charge < -0.3 is 4.74 Å². The average molecular weight is 304 g/mol. The molecule has 0 saturated carbocycles. The Balaban J connectivity index is 3.46. The lowest BCUT2D eigenvalue weighted by atomic mass is 10.0. The van der Waals surface area contributed by atoms with Gasteiger partial charge in [0.05, 0.1) is 9.30 Å². The van der Waals surface area contributed by atoms with Crippen molar-refractivity contribution in [1.82, 2.24) is 0 Å². The summed E-state index contributed by atoms with van der Waals surface area (Å²) < 4.78 is 40.7. The molecule has 0 spiro atoms. The molecule has 0 saturated heterocycles. The number of carbonyl (C=O) groups excluding carboxylic acids is 1. The van der Waals surface area contributed by atoms with Crippen LogP contribution in [0.4, 0.5) is 0 Å². The highest BCUT2D eigenvalue weighted by molar-refractivity contribution is 5.69. The normalized spacial score (nSPS) is 15.6. The van der Waals surface area contributed by atoms with Crippen LogP contribution in [-0.4, -0.2) is 12.5 Å². The molecule has 0 aromatic heterocycles. The summed E-state index contributed by atoms with van der Waals surface area (Å²) in [7, 11) is 0. The van der Waals surface area contributed by atoms with Crippen molar-refractivity contribution in [2.45, 2.75) is 110 Å². The molecule has 126 valence electrons. The fourth-order valence-corrected chi connectivity index (χ4v) is 2.45. The number of esters is 1. The van der Waals surface area contributed by atoms with E-state index in [1.54, 1.807) is 0 Å². The van der Waals surface area contributed by atoms with E-state index >= 15 is 0 Å². The molecule has 0 aliphatic heterocycles. The van der Waals surface area contributed by atoms with E-state index in [2.05, 4.69) is 11.7 Å². The predicted molar refractivity (Wildman–Crippen MR) is 91.6 cm³/mol. The van der Waals surface area contributed by atoms with Crippen molar-refractivity contribution in [2.75, 3.05) is 6.56 Å². The third-order valence-electron chi connectivity index (χ3n) is 3.74. The fourth-order valence-electron chi connectivity index (χ4n) is 2.45. The molecule has 0 rings (SSSR count). The molecule has 0 aliphatic carbocycles. The lowest BCUT2D eigenvalue weighted by Gasteiger charge is -2.04. The lowest BCUT2D eigenvalue weighted by molar-refractivity contribution is -0.143. The van der Waals surface area contributed by atoms with Crippen LogP contribution in [0.3, 0.4) is 0 Å². The highest BCUT2D eigenvalue weighted by Gasteiger charge is 2.01. The van der Waals surface area contributed by atoms with Crippen molar-refractivity contribution in [3.8, 4) is 0 Å². The molecule has 2 nitrogen and oxygen atoms in total. The Labute approximate surface area is 140 Å². The van der Waals surface area contributed by atoms with E-state index in [4.69, 9.17) is 6.85 Å². The SMILES string of the molecule is [2H]C([2H])([2H])CC([2H])([2H])OC(=O)CCCCCCCCCCCCCCC. The highest BCUT2D eigenvalue weighted by Crippen LogP contribution is 2.13. The number of carbonyl (C=O) groups is 1. The van der Waals surface area contributed by atoms with Crippen LogP contribution in [0.1, 0.15) is 117 Å². The Kier molecular flexibility index (Phi) is 10.8. The number of unbranched alkanes of at least 4 members (excludes halogenated alkanes) is 12. The van der Waals surface area contributed by atoms with Crippen LogP contribution < -0.4 is 0 Å². The minimum absolute atomic E-state index is 0.151. The number of rotatable bonds is 16. The number of ether oxygens (including phenoxy) is 1. The van der Waals surface area contributed by atoms with E-state index in [0.29, 0.717) is 6.42 Å². The van der Waals surface area contributed by atoms with Gasteiger partial charge in [0.25, 0.3) is 0 Å². The first kappa shape index (κ1) is 13.0. The van der Waals surface area contributed by atoms with Gasteiger partial charge in [-0.25, -0.2) is 0 Å². The van der Waals surface area contributed by atoms with Crippen LogP contribution in [0.25, 0.3) is 0 Å². The maximum absolute atomic E-state index is 11.6. The van der Waals surface area contributed by atoms with Crippen LogP contribution in [0, 0.1) is 0 Å². The zero-order valence-corrected chi connectivity index (χ0v) is 13.9. The Morgan fingerprint density at radius 1 is 0.810 bits per heavy atom. The summed E-state index contributed by atoms with van der Waals surface area (Å²) in [5.41, 5.74) is 0. The summed E-state index contributed by atoms with van der Waals surface area (Å²) in [5.74, 6) is -0.651. The van der Waals surface area contributed by atoms with Gasteiger partial charge >= 0.3 is 5.97 Å². The van der Waals surface area contributed by atoms with E-state index < -0.39 is 25.8 Å². The van der Waals surface area contributed by atoms with Crippen molar-refractivity contribution in [3.05, 3.63) is 0 Å². The Hall–Kier alpha value is -0.530. The molecule has 0 heterocycles. The summed E-state index contributed by atoms with van der Waals surface area (Å²) in [6, 6.07) is 0. The van der Waals surface area contributed by atoms with Gasteiger partial charge in [0.1, 0.15) is 0 Å². The van der Waals surface area contributed by atoms with Gasteiger partial charge in [-0.15, -0.1) is 0 Å². The molecule has 2 heteroatoms. The Morgan fingerprint density at radius 3 is 1.76 bits per heavy atom. The van der Waals surface area contributed by atoms with Crippen LogP contribution >= 0.6 is 0 Å². The first-order chi connectivity index (χ1) is 12.2. The standard InChI is InChI=1S/C19H38O2/c1-3-5-6-7-8-9-10-11-12-13-14-15-16-17-19(20)21-18-4-2/h3-18H2,1-2H3/i2D3,18D2. The third kappa shape index (κ3) is 17.4. The molecule has 0 unspecified atom stereocenters. The summed E-state index contributed by atoms with van der Waals surface area (Å²) in [6.07, 6.45) is 15.2. The summed E-state index contributed by atoms with van der Waals surface area (Å²) in [4.78, 5) is 11.6. The Bertz CT molecular complexity index is 356. The molecule has 0 atom stereocenters. The molecule has 0 N–H and O–H groups in total. The lowest BCUT2D eigenvalue weighted by Crippen LogP contribution is -2.04. The molecular formula is C19H38O2. The largest absolute Gasteiger partial charge is 0.466 e. The van der Waals surface area contributed by atoms with Crippen LogP contribution in [0.15, 0.2) is 0 Å². The van der Waals surface area contributed by atoms with E-state index in [1.807, 2.05) is 0 Å². The molecule has 0 radical (unpaired) electrons. The van der Waals surface area contributed by atoms with Gasteiger partial charge in [-0.2, -0.15) is 0 Å². The van der Waals surface area contributed by atoms with Crippen LogP contribution in [-0.2, 0) is 9.53 Å². The van der Waals surface area contributed by atoms with Gasteiger partial charge in [0, 0.05) is 10.5 Å².